The molecule has 3 nitrogen and oxygen atoms in total. The van der Waals surface area contributed by atoms with Crippen molar-refractivity contribution in [1.82, 2.24) is 9.80 Å². The summed E-state index contributed by atoms with van der Waals surface area (Å²) in [5, 5.41) is 0. The average Bonchev–Trinajstić information content (AvgIpc) is 2.78. The fourth-order valence-corrected chi connectivity index (χ4v) is 6.37. The van der Waals surface area contributed by atoms with E-state index in [9.17, 15) is 4.79 Å². The molecule has 2 aliphatic heterocycles. The van der Waals surface area contributed by atoms with Crippen molar-refractivity contribution >= 4 is 5.91 Å². The summed E-state index contributed by atoms with van der Waals surface area (Å²) < 4.78 is 0. The van der Waals surface area contributed by atoms with Crippen LogP contribution in [0.3, 0.4) is 0 Å². The largest absolute Gasteiger partial charge is 0.342 e. The average molecular weight is 449 g/mol. The maximum atomic E-state index is 12.8. The molecule has 2 atom stereocenters. The molecule has 2 unspecified atom stereocenters. The number of carbonyl (C=O) groups is 1. The third-order valence-corrected chi connectivity index (χ3v) is 8.76. The summed E-state index contributed by atoms with van der Waals surface area (Å²) in [5.74, 6) is 0.696. The van der Waals surface area contributed by atoms with Gasteiger partial charge in [0.15, 0.2) is 0 Å². The van der Waals surface area contributed by atoms with Gasteiger partial charge in [-0.15, -0.1) is 0 Å². The summed E-state index contributed by atoms with van der Waals surface area (Å²) in [6.07, 6.45) is 19.5. The van der Waals surface area contributed by atoms with Gasteiger partial charge in [0.2, 0.25) is 5.91 Å². The van der Waals surface area contributed by atoms with E-state index in [2.05, 4.69) is 44.4 Å². The molecule has 2 fully saturated rings. The Morgan fingerprint density at radius 2 is 1.47 bits per heavy atom. The van der Waals surface area contributed by atoms with E-state index in [-0.39, 0.29) is 5.92 Å². The number of hydrogen-bond donors (Lipinski definition) is 0. The Morgan fingerprint density at radius 1 is 0.844 bits per heavy atom. The molecule has 1 spiro atoms. The fourth-order valence-electron chi connectivity index (χ4n) is 6.37. The predicted molar refractivity (Wildman–Crippen MR) is 139 cm³/mol. The quantitative estimate of drug-likeness (QED) is 0.226. The Bertz CT molecular complexity index is 517. The van der Waals surface area contributed by atoms with Crippen molar-refractivity contribution in [3.05, 3.63) is 0 Å². The van der Waals surface area contributed by atoms with Crippen molar-refractivity contribution in [2.45, 2.75) is 131 Å². The Hall–Kier alpha value is -0.570. The van der Waals surface area contributed by atoms with E-state index in [1.165, 1.54) is 96.7 Å². The summed E-state index contributed by atoms with van der Waals surface area (Å²) in [6, 6.07) is 0. The highest BCUT2D eigenvalue weighted by Crippen LogP contribution is 2.42. The highest BCUT2D eigenvalue weighted by Gasteiger charge is 2.45. The van der Waals surface area contributed by atoms with E-state index < -0.39 is 0 Å². The van der Waals surface area contributed by atoms with Crippen molar-refractivity contribution in [1.29, 1.82) is 0 Å². The molecule has 0 aliphatic carbocycles. The van der Waals surface area contributed by atoms with Crippen LogP contribution < -0.4 is 0 Å². The molecule has 2 saturated heterocycles. The van der Waals surface area contributed by atoms with Crippen LogP contribution in [0.25, 0.3) is 0 Å². The Labute approximate surface area is 201 Å². The molecule has 0 aromatic carbocycles. The van der Waals surface area contributed by atoms with Crippen LogP contribution in [0.15, 0.2) is 0 Å². The van der Waals surface area contributed by atoms with Crippen LogP contribution in [-0.4, -0.2) is 48.4 Å². The van der Waals surface area contributed by atoms with Gasteiger partial charge in [-0.2, -0.15) is 0 Å². The predicted octanol–water partition coefficient (Wildman–Crippen LogP) is 7.68. The van der Waals surface area contributed by atoms with E-state index in [0.717, 1.165) is 32.4 Å². The van der Waals surface area contributed by atoms with E-state index in [1.54, 1.807) is 0 Å². The van der Waals surface area contributed by atoms with Gasteiger partial charge in [-0.1, -0.05) is 79.6 Å². The highest BCUT2D eigenvalue weighted by atomic mass is 16.2. The molecule has 2 heterocycles. The van der Waals surface area contributed by atoms with Crippen molar-refractivity contribution < 1.29 is 4.79 Å². The van der Waals surface area contributed by atoms with E-state index in [1.807, 2.05) is 0 Å². The maximum Gasteiger partial charge on any atom is 0.225 e. The van der Waals surface area contributed by atoms with Gasteiger partial charge in [-0.3, -0.25) is 4.79 Å². The number of nitrogens with zero attached hydrogens (tertiary/aromatic N) is 2. The summed E-state index contributed by atoms with van der Waals surface area (Å²) in [5.41, 5.74) is 1.08. The van der Waals surface area contributed by atoms with Crippen LogP contribution in [-0.2, 0) is 4.79 Å². The third kappa shape index (κ3) is 8.33. The molecule has 0 radical (unpaired) electrons. The number of hydrogen-bond acceptors (Lipinski definition) is 2. The van der Waals surface area contributed by atoms with Crippen molar-refractivity contribution in [2.24, 2.45) is 16.7 Å². The SMILES string of the molecule is CCCCCCC(C)(CCCC)CCCN1CC2(CCN(C(=O)C(CC)CCC)CC2)C1. The van der Waals surface area contributed by atoms with Crippen LogP contribution in [0.1, 0.15) is 131 Å². The molecule has 188 valence electrons. The lowest BCUT2D eigenvalue weighted by Crippen LogP contribution is -2.61. The summed E-state index contributed by atoms with van der Waals surface area (Å²) in [6.45, 7) is 17.4. The van der Waals surface area contributed by atoms with Crippen molar-refractivity contribution in [2.75, 3.05) is 32.7 Å². The van der Waals surface area contributed by atoms with E-state index in [4.69, 9.17) is 0 Å². The van der Waals surface area contributed by atoms with Crippen molar-refractivity contribution in [3.8, 4) is 0 Å². The monoisotopic (exact) mass is 448 g/mol. The second-order valence-corrected chi connectivity index (χ2v) is 11.8. The van der Waals surface area contributed by atoms with Gasteiger partial charge in [-0.05, 0) is 68.7 Å². The molecule has 2 rings (SSSR count). The third-order valence-electron chi connectivity index (χ3n) is 8.76. The Balaban J connectivity index is 1.68. The number of piperidine rings is 1. The first-order valence-corrected chi connectivity index (χ1v) is 14.4. The first-order chi connectivity index (χ1) is 15.4. The van der Waals surface area contributed by atoms with Gasteiger partial charge in [0.1, 0.15) is 0 Å². The lowest BCUT2D eigenvalue weighted by Gasteiger charge is -2.54. The van der Waals surface area contributed by atoms with Gasteiger partial charge >= 0.3 is 0 Å². The number of carbonyl (C=O) groups excluding carboxylic acids is 1. The van der Waals surface area contributed by atoms with Gasteiger partial charge in [0, 0.05) is 32.1 Å². The molecule has 3 heteroatoms. The van der Waals surface area contributed by atoms with Crippen LogP contribution in [0.4, 0.5) is 0 Å². The molecule has 2 aliphatic rings. The smallest absolute Gasteiger partial charge is 0.225 e. The fraction of sp³-hybridized carbons (Fsp3) is 0.966. The van der Waals surface area contributed by atoms with E-state index in [0.29, 0.717) is 16.7 Å². The molecule has 0 saturated carbocycles. The zero-order valence-corrected chi connectivity index (χ0v) is 22.5. The lowest BCUT2D eigenvalue weighted by molar-refractivity contribution is -0.141. The van der Waals surface area contributed by atoms with Crippen LogP contribution >= 0.6 is 0 Å². The molecule has 0 aromatic rings. The van der Waals surface area contributed by atoms with Crippen LogP contribution in [0.5, 0.6) is 0 Å². The highest BCUT2D eigenvalue weighted by molar-refractivity contribution is 5.78. The second kappa shape index (κ2) is 14.0. The first-order valence-electron chi connectivity index (χ1n) is 14.4. The van der Waals surface area contributed by atoms with Gasteiger partial charge < -0.3 is 9.80 Å². The zero-order valence-electron chi connectivity index (χ0n) is 22.5. The summed E-state index contributed by atoms with van der Waals surface area (Å²) in [4.78, 5) is 17.7. The Kier molecular flexibility index (Phi) is 12.1. The molecule has 0 aromatic heterocycles. The first kappa shape index (κ1) is 27.7. The summed E-state index contributed by atoms with van der Waals surface area (Å²) in [7, 11) is 0. The number of rotatable bonds is 16. The molecule has 0 bridgehead atoms. The Morgan fingerprint density at radius 3 is 2.06 bits per heavy atom. The second-order valence-electron chi connectivity index (χ2n) is 11.8. The normalized spacial score (nSPS) is 21.3. The molecule has 1 amide bonds. The number of likely N-dealkylation sites (tertiary alicyclic amines) is 2. The van der Waals surface area contributed by atoms with E-state index >= 15 is 0 Å². The standard InChI is InChI=1S/C29H56N2O/c1-6-10-12-13-17-28(5,16-11-7-2)18-14-21-30-24-29(25-30)19-22-31(23-20-29)27(32)26(9-4)15-8-3/h26H,6-25H2,1-5H3. The zero-order chi connectivity index (χ0) is 23.5. The topological polar surface area (TPSA) is 23.6 Å². The maximum absolute atomic E-state index is 12.8. The van der Waals surface area contributed by atoms with Gasteiger partial charge in [0.05, 0.1) is 0 Å². The lowest BCUT2D eigenvalue weighted by atomic mass is 9.71. The molecular weight excluding hydrogens is 392 g/mol. The minimum absolute atomic E-state index is 0.260. The molecule has 0 N–H and O–H groups in total. The summed E-state index contributed by atoms with van der Waals surface area (Å²) >= 11 is 0. The van der Waals surface area contributed by atoms with Crippen molar-refractivity contribution in [3.63, 3.8) is 0 Å². The minimum atomic E-state index is 0.260. The minimum Gasteiger partial charge on any atom is -0.342 e. The van der Waals surface area contributed by atoms with Gasteiger partial charge in [-0.25, -0.2) is 0 Å². The molecule has 32 heavy (non-hydrogen) atoms. The van der Waals surface area contributed by atoms with Crippen LogP contribution in [0.2, 0.25) is 0 Å². The van der Waals surface area contributed by atoms with Crippen LogP contribution in [0, 0.1) is 16.7 Å². The molecular formula is C29H56N2O. The van der Waals surface area contributed by atoms with Gasteiger partial charge in [0.25, 0.3) is 0 Å². The number of unbranched alkanes of at least 4 members (excludes halogenated alkanes) is 4. The number of amides is 1.